The summed E-state index contributed by atoms with van der Waals surface area (Å²) < 4.78 is 0. The van der Waals surface area contributed by atoms with Crippen molar-refractivity contribution in [3.8, 4) is 22.5 Å². The van der Waals surface area contributed by atoms with Crippen molar-refractivity contribution >= 4 is 11.6 Å². The van der Waals surface area contributed by atoms with Gasteiger partial charge in [0.2, 0.25) is 5.91 Å². The highest BCUT2D eigenvalue weighted by Crippen LogP contribution is 2.42. The van der Waals surface area contributed by atoms with Crippen LogP contribution in [-0.4, -0.2) is 28.1 Å². The molecule has 5 heteroatoms. The highest BCUT2D eigenvalue weighted by molar-refractivity contribution is 6.07. The molecule has 0 bridgehead atoms. The van der Waals surface area contributed by atoms with E-state index in [9.17, 15) is 4.79 Å². The third kappa shape index (κ3) is 2.35. The number of carbonyl (C=O) groups is 1. The molecule has 3 aromatic rings. The van der Waals surface area contributed by atoms with Crippen molar-refractivity contribution in [2.75, 3.05) is 11.9 Å². The second kappa shape index (κ2) is 5.28. The highest BCUT2D eigenvalue weighted by atomic mass is 16.2. The SMILES string of the molecule is Cc1cc(-c2cc(-c3ccc4c(c3)N(C)C(=O)C4(C)C)n[nH]2)ccn1. The molecule has 2 aromatic heterocycles. The second-order valence-electron chi connectivity index (χ2n) is 7.07. The average Bonchev–Trinajstić information content (AvgIpc) is 3.15. The molecule has 0 atom stereocenters. The third-order valence-corrected chi connectivity index (χ3v) is 4.95. The van der Waals surface area contributed by atoms with Gasteiger partial charge in [-0.2, -0.15) is 5.10 Å². The fourth-order valence-electron chi connectivity index (χ4n) is 3.47. The Morgan fingerprint density at radius 1 is 1.08 bits per heavy atom. The molecule has 0 saturated heterocycles. The van der Waals surface area contributed by atoms with Crippen LogP contribution >= 0.6 is 0 Å². The van der Waals surface area contributed by atoms with Gasteiger partial charge in [-0.3, -0.25) is 14.9 Å². The van der Waals surface area contributed by atoms with Gasteiger partial charge < -0.3 is 4.90 Å². The van der Waals surface area contributed by atoms with Crippen LogP contribution in [0, 0.1) is 6.92 Å². The van der Waals surface area contributed by atoms with E-state index >= 15 is 0 Å². The zero-order valence-corrected chi connectivity index (χ0v) is 14.8. The Hall–Kier alpha value is -2.95. The molecular weight excluding hydrogens is 312 g/mol. The second-order valence-corrected chi connectivity index (χ2v) is 7.07. The molecule has 0 unspecified atom stereocenters. The maximum absolute atomic E-state index is 12.5. The van der Waals surface area contributed by atoms with E-state index in [0.717, 1.165) is 39.5 Å². The summed E-state index contributed by atoms with van der Waals surface area (Å²) in [5.74, 6) is 0.120. The molecule has 1 aliphatic heterocycles. The Morgan fingerprint density at radius 2 is 1.88 bits per heavy atom. The highest BCUT2D eigenvalue weighted by Gasteiger charge is 2.42. The maximum Gasteiger partial charge on any atom is 0.236 e. The molecule has 0 spiro atoms. The van der Waals surface area contributed by atoms with Gasteiger partial charge in [0, 0.05) is 35.8 Å². The Labute approximate surface area is 146 Å². The maximum atomic E-state index is 12.5. The summed E-state index contributed by atoms with van der Waals surface area (Å²) in [5.41, 5.74) is 6.36. The van der Waals surface area contributed by atoms with Crippen LogP contribution in [0.2, 0.25) is 0 Å². The predicted molar refractivity (Wildman–Crippen MR) is 98.4 cm³/mol. The fourth-order valence-corrected chi connectivity index (χ4v) is 3.47. The van der Waals surface area contributed by atoms with E-state index in [2.05, 4.69) is 15.2 Å². The van der Waals surface area contributed by atoms with Crippen molar-refractivity contribution in [1.82, 2.24) is 15.2 Å². The lowest BCUT2D eigenvalue weighted by molar-refractivity contribution is -0.121. The Balaban J connectivity index is 1.74. The number of aromatic nitrogens is 3. The Bertz CT molecular complexity index is 987. The number of anilines is 1. The number of carbonyl (C=O) groups excluding carboxylic acids is 1. The number of benzene rings is 1. The molecule has 5 nitrogen and oxygen atoms in total. The van der Waals surface area contributed by atoms with Gasteiger partial charge in [-0.15, -0.1) is 0 Å². The van der Waals surface area contributed by atoms with Crippen LogP contribution < -0.4 is 4.90 Å². The quantitative estimate of drug-likeness (QED) is 0.778. The number of likely N-dealkylation sites (N-methyl/N-ethyl adjacent to an activating group) is 1. The molecular formula is C20H20N4O. The zero-order valence-electron chi connectivity index (χ0n) is 14.8. The van der Waals surface area contributed by atoms with E-state index in [0.29, 0.717) is 0 Å². The van der Waals surface area contributed by atoms with E-state index in [-0.39, 0.29) is 5.91 Å². The number of nitrogens with one attached hydrogen (secondary N) is 1. The van der Waals surface area contributed by atoms with E-state index in [4.69, 9.17) is 0 Å². The number of aromatic amines is 1. The number of aryl methyl sites for hydroxylation is 1. The van der Waals surface area contributed by atoms with E-state index in [1.165, 1.54) is 0 Å². The number of rotatable bonds is 2. The minimum absolute atomic E-state index is 0.120. The van der Waals surface area contributed by atoms with Gasteiger partial charge in [0.1, 0.15) is 0 Å². The first-order valence-electron chi connectivity index (χ1n) is 8.29. The Kier molecular flexibility index (Phi) is 3.29. The summed E-state index contributed by atoms with van der Waals surface area (Å²) in [7, 11) is 1.83. The van der Waals surface area contributed by atoms with Gasteiger partial charge in [0.15, 0.2) is 0 Å². The van der Waals surface area contributed by atoms with Crippen molar-refractivity contribution in [3.05, 3.63) is 53.9 Å². The van der Waals surface area contributed by atoms with Crippen molar-refractivity contribution < 1.29 is 4.79 Å². The lowest BCUT2D eigenvalue weighted by Gasteiger charge is -2.16. The standard InChI is InChI=1S/C20H20N4O/c1-12-9-14(7-8-21-12)17-11-16(22-23-17)13-5-6-15-18(10-13)24(4)19(25)20(15,2)3/h5-11H,1-4H3,(H,22,23). The molecule has 0 fully saturated rings. The average molecular weight is 332 g/mol. The zero-order chi connectivity index (χ0) is 17.8. The molecule has 1 amide bonds. The third-order valence-electron chi connectivity index (χ3n) is 4.95. The molecule has 0 aliphatic carbocycles. The molecule has 25 heavy (non-hydrogen) atoms. The van der Waals surface area contributed by atoms with Gasteiger partial charge in [0.05, 0.1) is 16.8 Å². The first kappa shape index (κ1) is 15.6. The van der Waals surface area contributed by atoms with Crippen LogP contribution in [0.5, 0.6) is 0 Å². The number of hydrogen-bond donors (Lipinski definition) is 1. The van der Waals surface area contributed by atoms with E-state index in [1.807, 2.05) is 64.2 Å². The number of nitrogens with zero attached hydrogens (tertiary/aromatic N) is 3. The van der Waals surface area contributed by atoms with E-state index < -0.39 is 5.41 Å². The van der Waals surface area contributed by atoms with Crippen LogP contribution in [0.25, 0.3) is 22.5 Å². The van der Waals surface area contributed by atoms with Crippen LogP contribution in [0.4, 0.5) is 5.69 Å². The lowest BCUT2D eigenvalue weighted by Crippen LogP contribution is -2.33. The van der Waals surface area contributed by atoms with Crippen LogP contribution in [0.15, 0.2) is 42.6 Å². The number of amides is 1. The minimum Gasteiger partial charge on any atom is -0.314 e. The topological polar surface area (TPSA) is 61.9 Å². The molecule has 4 rings (SSSR count). The van der Waals surface area contributed by atoms with Gasteiger partial charge in [0.25, 0.3) is 0 Å². The van der Waals surface area contributed by atoms with Gasteiger partial charge >= 0.3 is 0 Å². The predicted octanol–water partition coefficient (Wildman–Crippen LogP) is 3.70. The minimum atomic E-state index is -0.478. The molecule has 126 valence electrons. The molecule has 0 radical (unpaired) electrons. The fraction of sp³-hybridized carbons (Fsp3) is 0.250. The monoisotopic (exact) mass is 332 g/mol. The van der Waals surface area contributed by atoms with Gasteiger partial charge in [-0.1, -0.05) is 12.1 Å². The molecule has 1 aliphatic rings. The molecule has 1 N–H and O–H groups in total. The normalized spacial score (nSPS) is 15.5. The van der Waals surface area contributed by atoms with Crippen molar-refractivity contribution in [2.24, 2.45) is 0 Å². The summed E-state index contributed by atoms with van der Waals surface area (Å²) >= 11 is 0. The summed E-state index contributed by atoms with van der Waals surface area (Å²) in [6.07, 6.45) is 1.79. The first-order chi connectivity index (χ1) is 11.9. The van der Waals surface area contributed by atoms with Crippen LogP contribution in [0.3, 0.4) is 0 Å². The van der Waals surface area contributed by atoms with Crippen molar-refractivity contribution in [3.63, 3.8) is 0 Å². The van der Waals surface area contributed by atoms with Crippen LogP contribution in [0.1, 0.15) is 25.1 Å². The molecule has 0 saturated carbocycles. The van der Waals surface area contributed by atoms with Gasteiger partial charge in [-0.25, -0.2) is 0 Å². The smallest absolute Gasteiger partial charge is 0.236 e. The van der Waals surface area contributed by atoms with Crippen molar-refractivity contribution in [1.29, 1.82) is 0 Å². The molecule has 1 aromatic carbocycles. The Morgan fingerprint density at radius 3 is 2.64 bits per heavy atom. The lowest BCUT2D eigenvalue weighted by atomic mass is 9.85. The summed E-state index contributed by atoms with van der Waals surface area (Å²) in [4.78, 5) is 18.4. The van der Waals surface area contributed by atoms with Gasteiger partial charge in [-0.05, 0) is 50.6 Å². The number of fused-ring (bicyclic) bond motifs is 1. The first-order valence-corrected chi connectivity index (χ1v) is 8.29. The summed E-state index contributed by atoms with van der Waals surface area (Å²) in [6, 6.07) is 12.1. The van der Waals surface area contributed by atoms with Crippen LogP contribution in [-0.2, 0) is 10.2 Å². The summed E-state index contributed by atoms with van der Waals surface area (Å²) in [6.45, 7) is 5.90. The van der Waals surface area contributed by atoms with Crippen molar-refractivity contribution in [2.45, 2.75) is 26.2 Å². The largest absolute Gasteiger partial charge is 0.314 e. The van der Waals surface area contributed by atoms with E-state index in [1.54, 1.807) is 11.1 Å². The number of hydrogen-bond acceptors (Lipinski definition) is 3. The molecule has 3 heterocycles. The summed E-state index contributed by atoms with van der Waals surface area (Å²) in [5, 5.41) is 7.54. The number of pyridine rings is 1. The number of H-pyrrole nitrogens is 1.